The van der Waals surface area contributed by atoms with E-state index in [4.69, 9.17) is 18.0 Å². The van der Waals surface area contributed by atoms with Gasteiger partial charge >= 0.3 is 20.9 Å². The van der Waals surface area contributed by atoms with Crippen LogP contribution in [0.2, 0.25) is 6.04 Å². The first-order valence-electron chi connectivity index (χ1n) is 12.5. The van der Waals surface area contributed by atoms with Gasteiger partial charge in [0.15, 0.2) is 11.6 Å². The van der Waals surface area contributed by atoms with E-state index in [1.165, 1.54) is 12.1 Å². The maximum Gasteiger partial charge on any atom is 0.500 e. The molecule has 0 aliphatic heterocycles. The molecule has 1 aromatic rings. The van der Waals surface area contributed by atoms with E-state index in [-0.39, 0.29) is 24.2 Å². The standard InChI is InChI=1S/C25H39F2NO7Si/c1-4-33-36(34-5-2,35-6-3)18-12-16-28-25(31)32-17-10-8-7-9-13-21(24(29)30)19-20-14-11-15-22(26)23(20)27/h11,14-15,19H,4-10,12-13,16-18H2,1-3H3,(H,28,31)(H,29,30)/b21-19+. The Morgan fingerprint density at radius 2 is 1.61 bits per heavy atom. The van der Waals surface area contributed by atoms with Gasteiger partial charge in [0.2, 0.25) is 0 Å². The quantitative estimate of drug-likeness (QED) is 0.137. The molecular weight excluding hydrogens is 492 g/mol. The Morgan fingerprint density at radius 3 is 2.22 bits per heavy atom. The number of carboxylic acid groups (broad SMARTS) is 1. The highest BCUT2D eigenvalue weighted by Gasteiger charge is 2.39. The van der Waals surface area contributed by atoms with E-state index in [2.05, 4.69) is 5.32 Å². The summed E-state index contributed by atoms with van der Waals surface area (Å²) in [6, 6.07) is 4.24. The number of carboxylic acids is 1. The minimum atomic E-state index is -2.72. The highest BCUT2D eigenvalue weighted by atomic mass is 28.4. The fourth-order valence-electron chi connectivity index (χ4n) is 3.54. The monoisotopic (exact) mass is 531 g/mol. The highest BCUT2D eigenvalue weighted by molar-refractivity contribution is 6.60. The van der Waals surface area contributed by atoms with Crippen molar-refractivity contribution in [3.63, 3.8) is 0 Å². The average molecular weight is 532 g/mol. The Labute approximate surface area is 213 Å². The van der Waals surface area contributed by atoms with Crippen molar-refractivity contribution in [1.29, 1.82) is 0 Å². The van der Waals surface area contributed by atoms with E-state index in [1.807, 2.05) is 20.8 Å². The van der Waals surface area contributed by atoms with E-state index < -0.39 is 32.5 Å². The van der Waals surface area contributed by atoms with Crippen LogP contribution in [0.5, 0.6) is 0 Å². The lowest BCUT2D eigenvalue weighted by Gasteiger charge is -2.28. The summed E-state index contributed by atoms with van der Waals surface area (Å²) in [5, 5.41) is 12.0. The summed E-state index contributed by atoms with van der Waals surface area (Å²) >= 11 is 0. The van der Waals surface area contributed by atoms with Gasteiger partial charge in [0.1, 0.15) is 0 Å². The number of aliphatic carboxylic acids is 1. The van der Waals surface area contributed by atoms with Crippen LogP contribution >= 0.6 is 0 Å². The first-order valence-corrected chi connectivity index (χ1v) is 14.4. The molecule has 0 fully saturated rings. The second-order valence-corrected chi connectivity index (χ2v) is 10.7. The van der Waals surface area contributed by atoms with Crippen LogP contribution in [-0.2, 0) is 22.8 Å². The number of ether oxygens (including phenoxy) is 1. The van der Waals surface area contributed by atoms with Crippen molar-refractivity contribution >= 4 is 26.9 Å². The number of carbonyl (C=O) groups excluding carboxylic acids is 1. The molecule has 11 heteroatoms. The molecule has 0 unspecified atom stereocenters. The number of unbranched alkanes of at least 4 members (excludes halogenated alkanes) is 3. The van der Waals surface area contributed by atoms with Crippen LogP contribution in [0.1, 0.15) is 64.9 Å². The van der Waals surface area contributed by atoms with E-state index in [9.17, 15) is 23.5 Å². The Kier molecular flexibility index (Phi) is 15.8. The lowest BCUT2D eigenvalue weighted by atomic mass is 10.0. The van der Waals surface area contributed by atoms with Crippen molar-refractivity contribution in [3.8, 4) is 0 Å². The summed E-state index contributed by atoms with van der Waals surface area (Å²) in [4.78, 5) is 23.3. The van der Waals surface area contributed by atoms with Gasteiger partial charge in [0, 0.05) is 43.5 Å². The molecule has 8 nitrogen and oxygen atoms in total. The maximum absolute atomic E-state index is 13.8. The molecule has 0 aromatic heterocycles. The summed E-state index contributed by atoms with van der Waals surface area (Å²) in [6.07, 6.45) is 4.17. The van der Waals surface area contributed by atoms with Gasteiger partial charge in [0.05, 0.1) is 6.61 Å². The van der Waals surface area contributed by atoms with Crippen LogP contribution in [0.25, 0.3) is 6.08 Å². The normalized spacial score (nSPS) is 12.0. The molecule has 1 rings (SSSR count). The van der Waals surface area contributed by atoms with Gasteiger partial charge < -0.3 is 28.4 Å². The summed E-state index contributed by atoms with van der Waals surface area (Å²) in [5.74, 6) is -3.25. The number of hydrogen-bond donors (Lipinski definition) is 2. The number of nitrogens with one attached hydrogen (secondary N) is 1. The van der Waals surface area contributed by atoms with Crippen LogP contribution in [0.4, 0.5) is 13.6 Å². The molecule has 0 saturated heterocycles. The molecule has 1 aromatic carbocycles. The fraction of sp³-hybridized carbons (Fsp3) is 0.600. The van der Waals surface area contributed by atoms with Crippen LogP contribution in [-0.4, -0.2) is 58.9 Å². The number of hydrogen-bond acceptors (Lipinski definition) is 6. The second-order valence-electron chi connectivity index (χ2n) is 7.93. The largest absolute Gasteiger partial charge is 0.500 e. The van der Waals surface area contributed by atoms with Crippen molar-refractivity contribution in [2.45, 2.75) is 65.3 Å². The van der Waals surface area contributed by atoms with E-state index in [1.54, 1.807) is 0 Å². The van der Waals surface area contributed by atoms with Gasteiger partial charge in [-0.2, -0.15) is 0 Å². The predicted octanol–water partition coefficient (Wildman–Crippen LogP) is 5.55. The minimum absolute atomic E-state index is 0.0141. The van der Waals surface area contributed by atoms with Crippen LogP contribution < -0.4 is 5.32 Å². The van der Waals surface area contributed by atoms with Crippen molar-refractivity contribution in [2.75, 3.05) is 33.0 Å². The molecule has 0 radical (unpaired) electrons. The smallest absolute Gasteiger partial charge is 0.478 e. The number of carbonyl (C=O) groups is 2. The zero-order chi connectivity index (χ0) is 26.8. The fourth-order valence-corrected chi connectivity index (χ4v) is 6.16. The van der Waals surface area contributed by atoms with E-state index in [0.29, 0.717) is 58.1 Å². The van der Waals surface area contributed by atoms with Gasteiger partial charge in [-0.05, 0) is 58.6 Å². The average Bonchev–Trinajstić information content (AvgIpc) is 2.83. The summed E-state index contributed by atoms with van der Waals surface area (Å²) < 4.78 is 49.6. The molecule has 0 saturated carbocycles. The predicted molar refractivity (Wildman–Crippen MR) is 134 cm³/mol. The van der Waals surface area contributed by atoms with Crippen molar-refractivity contribution < 1.29 is 41.5 Å². The number of alkyl carbamates (subject to hydrolysis) is 1. The Morgan fingerprint density at radius 1 is 0.972 bits per heavy atom. The highest BCUT2D eigenvalue weighted by Crippen LogP contribution is 2.19. The molecule has 2 N–H and O–H groups in total. The summed E-state index contributed by atoms with van der Waals surface area (Å²) in [7, 11) is -2.72. The molecule has 0 aliphatic rings. The lowest BCUT2D eigenvalue weighted by Crippen LogP contribution is -2.46. The molecule has 204 valence electrons. The zero-order valence-corrected chi connectivity index (χ0v) is 22.4. The number of halogens is 2. The molecule has 0 atom stereocenters. The third-order valence-corrected chi connectivity index (χ3v) is 8.33. The SMILES string of the molecule is CCO[Si](CCCNC(=O)OCCCCCC/C(=C\c1cccc(F)c1F)C(=O)O)(OCC)OCC. The van der Waals surface area contributed by atoms with E-state index in [0.717, 1.165) is 18.6 Å². The van der Waals surface area contributed by atoms with Crippen molar-refractivity contribution in [2.24, 2.45) is 0 Å². The number of benzene rings is 1. The van der Waals surface area contributed by atoms with Gasteiger partial charge in [-0.3, -0.25) is 0 Å². The third-order valence-electron chi connectivity index (χ3n) is 5.18. The zero-order valence-electron chi connectivity index (χ0n) is 21.4. The Bertz CT molecular complexity index is 822. The number of rotatable bonds is 19. The third kappa shape index (κ3) is 12.1. The van der Waals surface area contributed by atoms with Crippen LogP contribution in [0, 0.1) is 11.6 Å². The van der Waals surface area contributed by atoms with E-state index >= 15 is 0 Å². The molecule has 0 heterocycles. The van der Waals surface area contributed by atoms with Gasteiger partial charge in [-0.15, -0.1) is 0 Å². The van der Waals surface area contributed by atoms with Gasteiger partial charge in [-0.1, -0.05) is 25.0 Å². The molecule has 0 spiro atoms. The maximum atomic E-state index is 13.8. The van der Waals surface area contributed by atoms with Gasteiger partial charge in [-0.25, -0.2) is 18.4 Å². The second kappa shape index (κ2) is 18.0. The van der Waals surface area contributed by atoms with Crippen molar-refractivity contribution in [3.05, 3.63) is 41.0 Å². The van der Waals surface area contributed by atoms with Crippen LogP contribution in [0.15, 0.2) is 23.8 Å². The first-order chi connectivity index (χ1) is 17.3. The molecule has 0 aliphatic carbocycles. The summed E-state index contributed by atoms with van der Waals surface area (Å²) in [5.41, 5.74) is -0.0752. The van der Waals surface area contributed by atoms with Crippen molar-refractivity contribution in [1.82, 2.24) is 5.32 Å². The number of amides is 1. The molecule has 0 bridgehead atoms. The molecule has 1 amide bonds. The van der Waals surface area contributed by atoms with Crippen LogP contribution in [0.3, 0.4) is 0 Å². The molecule has 36 heavy (non-hydrogen) atoms. The minimum Gasteiger partial charge on any atom is -0.478 e. The Balaban J connectivity index is 2.26. The Hall–Kier alpha value is -2.34. The van der Waals surface area contributed by atoms with Gasteiger partial charge in [0.25, 0.3) is 0 Å². The first kappa shape index (κ1) is 31.7. The molecular formula is C25H39F2NO7Si. The topological polar surface area (TPSA) is 103 Å². The summed E-state index contributed by atoms with van der Waals surface area (Å²) in [6.45, 7) is 7.85. The lowest BCUT2D eigenvalue weighted by molar-refractivity contribution is -0.132.